The third-order valence-corrected chi connectivity index (χ3v) is 5.29. The van der Waals surface area contributed by atoms with Crippen molar-refractivity contribution in [1.82, 2.24) is 0 Å². The molecule has 0 saturated carbocycles. The molecule has 0 amide bonds. The van der Waals surface area contributed by atoms with Gasteiger partial charge in [-0.05, 0) is 42.6 Å². The van der Waals surface area contributed by atoms with Crippen molar-refractivity contribution in [2.75, 3.05) is 0 Å². The van der Waals surface area contributed by atoms with Crippen LogP contribution >= 0.6 is 0 Å². The first kappa shape index (κ1) is 12.5. The van der Waals surface area contributed by atoms with Crippen molar-refractivity contribution in [1.29, 1.82) is 0 Å². The second kappa shape index (κ2) is 4.01. The Bertz CT molecular complexity index is 561. The standard InChI is InChI=1S/C19H22/c1-18(2)16-10-8-14(12-16)6-5-7-15-9-11-17(13-15)19(18,3)4/h8-11H,5-7H2,1-4H3. The van der Waals surface area contributed by atoms with Gasteiger partial charge in [0.15, 0.2) is 0 Å². The molecule has 0 unspecified atom stereocenters. The van der Waals surface area contributed by atoms with Gasteiger partial charge in [0, 0.05) is 22.0 Å². The van der Waals surface area contributed by atoms with E-state index in [-0.39, 0.29) is 10.8 Å². The molecule has 3 aliphatic carbocycles. The highest BCUT2D eigenvalue weighted by molar-refractivity contribution is 5.47. The van der Waals surface area contributed by atoms with Gasteiger partial charge in [-0.3, -0.25) is 0 Å². The van der Waals surface area contributed by atoms with Gasteiger partial charge >= 0.3 is 0 Å². The van der Waals surface area contributed by atoms with E-state index in [2.05, 4.69) is 63.5 Å². The highest BCUT2D eigenvalue weighted by Gasteiger charge is 2.42. The Morgan fingerprint density at radius 2 is 1.16 bits per heavy atom. The van der Waals surface area contributed by atoms with E-state index in [1.165, 1.54) is 28.7 Å². The molecule has 0 nitrogen and oxygen atoms in total. The summed E-state index contributed by atoms with van der Waals surface area (Å²) in [7, 11) is 0. The van der Waals surface area contributed by atoms with Crippen LogP contribution in [0.15, 0.2) is 58.1 Å². The Hall–Kier alpha value is -1.48. The molecule has 0 aromatic carbocycles. The van der Waals surface area contributed by atoms with Crippen molar-refractivity contribution in [3.05, 3.63) is 58.1 Å². The van der Waals surface area contributed by atoms with Gasteiger partial charge in [-0.25, -0.2) is 0 Å². The van der Waals surface area contributed by atoms with Gasteiger partial charge < -0.3 is 0 Å². The fourth-order valence-corrected chi connectivity index (χ4v) is 3.04. The fourth-order valence-electron chi connectivity index (χ4n) is 3.04. The third-order valence-electron chi connectivity index (χ3n) is 5.29. The Labute approximate surface area is 116 Å². The first-order valence-electron chi connectivity index (χ1n) is 7.28. The van der Waals surface area contributed by atoms with Crippen molar-refractivity contribution in [2.45, 2.75) is 47.0 Å². The Morgan fingerprint density at radius 1 is 0.737 bits per heavy atom. The van der Waals surface area contributed by atoms with Crippen LogP contribution in [0.25, 0.3) is 0 Å². The van der Waals surface area contributed by atoms with Crippen LogP contribution < -0.4 is 0 Å². The molecule has 0 N–H and O–H groups in total. The van der Waals surface area contributed by atoms with Crippen LogP contribution in [0.4, 0.5) is 0 Å². The molecule has 0 aliphatic heterocycles. The second-order valence-electron chi connectivity index (χ2n) is 6.90. The molecule has 0 heterocycles. The van der Waals surface area contributed by atoms with Crippen LogP contribution in [0.3, 0.4) is 0 Å². The van der Waals surface area contributed by atoms with E-state index in [4.69, 9.17) is 0 Å². The first-order chi connectivity index (χ1) is 8.91. The molecule has 0 aromatic rings. The van der Waals surface area contributed by atoms with Crippen molar-refractivity contribution in [3.63, 3.8) is 0 Å². The minimum absolute atomic E-state index is 0.0672. The molecular formula is C19H22. The zero-order chi connectivity index (χ0) is 13.7. The lowest BCUT2D eigenvalue weighted by molar-refractivity contribution is 0.210. The lowest BCUT2D eigenvalue weighted by Gasteiger charge is -2.42. The predicted molar refractivity (Wildman–Crippen MR) is 80.8 cm³/mol. The topological polar surface area (TPSA) is 0 Å². The van der Waals surface area contributed by atoms with Gasteiger partial charge in [-0.15, -0.1) is 11.5 Å². The van der Waals surface area contributed by atoms with E-state index in [1.807, 2.05) is 0 Å². The summed E-state index contributed by atoms with van der Waals surface area (Å²) in [5, 5.41) is 0. The number of rotatable bonds is 0. The van der Waals surface area contributed by atoms with Crippen molar-refractivity contribution < 1.29 is 0 Å². The molecule has 0 aromatic heterocycles. The summed E-state index contributed by atoms with van der Waals surface area (Å²) in [6, 6.07) is 0. The highest BCUT2D eigenvalue weighted by atomic mass is 14.4. The maximum atomic E-state index is 3.64. The van der Waals surface area contributed by atoms with Gasteiger partial charge in [0.2, 0.25) is 0 Å². The van der Waals surface area contributed by atoms with Crippen molar-refractivity contribution in [2.24, 2.45) is 10.8 Å². The van der Waals surface area contributed by atoms with Crippen molar-refractivity contribution >= 4 is 0 Å². The van der Waals surface area contributed by atoms with Gasteiger partial charge in [-0.1, -0.05) is 39.8 Å². The summed E-state index contributed by atoms with van der Waals surface area (Å²) >= 11 is 0. The van der Waals surface area contributed by atoms with E-state index < -0.39 is 0 Å². The predicted octanol–water partition coefficient (Wildman–Crippen LogP) is 5.27. The lowest BCUT2D eigenvalue weighted by atomic mass is 9.61. The van der Waals surface area contributed by atoms with E-state index in [1.54, 1.807) is 0 Å². The average molecular weight is 250 g/mol. The van der Waals surface area contributed by atoms with Crippen LogP contribution in [0.1, 0.15) is 47.0 Å². The van der Waals surface area contributed by atoms with E-state index in [0.29, 0.717) is 0 Å². The summed E-state index contributed by atoms with van der Waals surface area (Å²) in [4.78, 5) is 0. The van der Waals surface area contributed by atoms with Gasteiger partial charge in [0.25, 0.3) is 0 Å². The third kappa shape index (κ3) is 1.84. The molecule has 0 atom stereocenters. The molecule has 0 saturated heterocycles. The SMILES string of the molecule is CC1(C)C2=C=C(C=C2)CCCC2=C=C(C=C2)C1(C)C. The van der Waals surface area contributed by atoms with Crippen LogP contribution in [-0.4, -0.2) is 0 Å². The van der Waals surface area contributed by atoms with Crippen molar-refractivity contribution in [3.8, 4) is 0 Å². The number of hydrogen-bond donors (Lipinski definition) is 0. The largest absolute Gasteiger partial charge is 0.113 e. The quantitative estimate of drug-likeness (QED) is 0.514. The molecule has 0 fully saturated rings. The van der Waals surface area contributed by atoms with Gasteiger partial charge in [0.05, 0.1) is 0 Å². The Balaban J connectivity index is 2.18. The minimum Gasteiger partial charge on any atom is -0.113 e. The Kier molecular flexibility index (Phi) is 2.65. The number of allylic oxidation sites excluding steroid dienone is 6. The molecule has 3 rings (SSSR count). The molecule has 19 heavy (non-hydrogen) atoms. The summed E-state index contributed by atoms with van der Waals surface area (Å²) in [5.74, 6) is 0. The monoisotopic (exact) mass is 250 g/mol. The maximum Gasteiger partial charge on any atom is 0.00674 e. The lowest BCUT2D eigenvalue weighted by Crippen LogP contribution is -2.34. The summed E-state index contributed by atoms with van der Waals surface area (Å²) in [5.41, 5.74) is 12.8. The summed E-state index contributed by atoms with van der Waals surface area (Å²) in [6.45, 7) is 9.34. The molecule has 3 aliphatic rings. The second-order valence-corrected chi connectivity index (χ2v) is 6.90. The van der Waals surface area contributed by atoms with E-state index in [9.17, 15) is 0 Å². The van der Waals surface area contributed by atoms with Gasteiger partial charge in [-0.2, -0.15) is 0 Å². The van der Waals surface area contributed by atoms with Crippen LogP contribution in [0, 0.1) is 10.8 Å². The molecule has 0 radical (unpaired) electrons. The van der Waals surface area contributed by atoms with Gasteiger partial charge in [0.1, 0.15) is 0 Å². The van der Waals surface area contributed by atoms with Crippen LogP contribution in [0.5, 0.6) is 0 Å². The summed E-state index contributed by atoms with van der Waals surface area (Å²) < 4.78 is 0. The van der Waals surface area contributed by atoms with E-state index >= 15 is 0 Å². The fraction of sp³-hybridized carbons (Fsp3) is 0.474. The van der Waals surface area contributed by atoms with Crippen LogP contribution in [-0.2, 0) is 0 Å². The normalized spacial score (nSPS) is 26.3. The molecular weight excluding hydrogens is 228 g/mol. The molecule has 4 bridgehead atoms. The minimum atomic E-state index is 0.0672. The zero-order valence-electron chi connectivity index (χ0n) is 12.4. The maximum absolute atomic E-state index is 3.64. The molecule has 0 heteroatoms. The molecule has 0 spiro atoms. The van der Waals surface area contributed by atoms with E-state index in [0.717, 1.165) is 12.8 Å². The number of hydrogen-bond acceptors (Lipinski definition) is 0. The summed E-state index contributed by atoms with van der Waals surface area (Å²) in [6.07, 6.45) is 12.5. The Morgan fingerprint density at radius 3 is 1.58 bits per heavy atom. The smallest absolute Gasteiger partial charge is 0.00674 e. The zero-order valence-corrected chi connectivity index (χ0v) is 12.4. The average Bonchev–Trinajstić information content (AvgIpc) is 2.96. The molecule has 98 valence electrons. The van der Waals surface area contributed by atoms with Crippen LogP contribution in [0.2, 0.25) is 0 Å². The first-order valence-corrected chi connectivity index (χ1v) is 7.28. The highest BCUT2D eigenvalue weighted by Crippen LogP contribution is 2.51.